The second-order valence-corrected chi connectivity index (χ2v) is 5.03. The number of benzene rings is 1. The van der Waals surface area contributed by atoms with Crippen molar-refractivity contribution in [3.05, 3.63) is 34.9 Å². The molecule has 1 aliphatic carbocycles. The molecule has 3 rings (SSSR count). The van der Waals surface area contributed by atoms with Gasteiger partial charge in [-0.2, -0.15) is 0 Å². The minimum absolute atomic E-state index is 0.556. The Morgan fingerprint density at radius 1 is 1.21 bits per heavy atom. The van der Waals surface area contributed by atoms with Gasteiger partial charge in [0.25, 0.3) is 0 Å². The van der Waals surface area contributed by atoms with Crippen LogP contribution in [0.2, 0.25) is 0 Å². The lowest BCUT2D eigenvalue weighted by Crippen LogP contribution is -2.39. The van der Waals surface area contributed by atoms with E-state index in [1.807, 2.05) is 0 Å². The summed E-state index contributed by atoms with van der Waals surface area (Å²) in [4.78, 5) is 2.55. The molecule has 0 saturated heterocycles. The molecule has 74 valence electrons. The van der Waals surface area contributed by atoms with Gasteiger partial charge >= 0.3 is 0 Å². The van der Waals surface area contributed by atoms with Crippen LogP contribution in [0.4, 0.5) is 0 Å². The Bertz CT molecular complexity index is 377. The number of hydrogen-bond acceptors (Lipinski definition) is 1. The van der Waals surface area contributed by atoms with Gasteiger partial charge in [-0.05, 0) is 44.4 Å². The zero-order chi connectivity index (χ0) is 9.76. The molecule has 2 aliphatic rings. The summed E-state index contributed by atoms with van der Waals surface area (Å²) in [5, 5.41) is 0. The predicted molar refractivity (Wildman–Crippen MR) is 58.3 cm³/mol. The molecule has 0 bridgehead atoms. The van der Waals surface area contributed by atoms with Crippen LogP contribution in [-0.4, -0.2) is 17.5 Å². The van der Waals surface area contributed by atoms with Gasteiger partial charge in [-0.1, -0.05) is 23.8 Å². The van der Waals surface area contributed by atoms with E-state index in [1.54, 1.807) is 5.56 Å². The number of aryl methyl sites for hydroxylation is 1. The van der Waals surface area contributed by atoms with Crippen LogP contribution in [0.5, 0.6) is 0 Å². The van der Waals surface area contributed by atoms with Gasteiger partial charge in [-0.15, -0.1) is 0 Å². The molecule has 0 atom stereocenters. The van der Waals surface area contributed by atoms with E-state index in [0.717, 1.165) is 6.54 Å². The summed E-state index contributed by atoms with van der Waals surface area (Å²) < 4.78 is 0. The molecule has 1 spiro atoms. The van der Waals surface area contributed by atoms with Gasteiger partial charge in [0.2, 0.25) is 0 Å². The Kier molecular flexibility index (Phi) is 1.58. The Morgan fingerprint density at radius 3 is 2.71 bits per heavy atom. The zero-order valence-corrected chi connectivity index (χ0v) is 9.01. The number of hydrogen-bond donors (Lipinski definition) is 0. The van der Waals surface area contributed by atoms with Crippen molar-refractivity contribution in [1.82, 2.24) is 4.90 Å². The fraction of sp³-hybridized carbons (Fsp3) is 0.538. The summed E-state index contributed by atoms with van der Waals surface area (Å²) in [6.07, 6.45) is 4.08. The number of rotatable bonds is 0. The molecular formula is C13H17N. The first-order valence-corrected chi connectivity index (χ1v) is 5.49. The maximum atomic E-state index is 2.55. The highest BCUT2D eigenvalue weighted by molar-refractivity contribution is 5.36. The second kappa shape index (κ2) is 2.60. The van der Waals surface area contributed by atoms with E-state index in [2.05, 4.69) is 37.1 Å². The summed E-state index contributed by atoms with van der Waals surface area (Å²) in [7, 11) is 2.27. The minimum atomic E-state index is 0.556. The Balaban J connectivity index is 2.03. The molecule has 14 heavy (non-hydrogen) atoms. The third-order valence-corrected chi connectivity index (χ3v) is 3.93. The summed E-state index contributed by atoms with van der Waals surface area (Å²) >= 11 is 0. The maximum absolute atomic E-state index is 2.55. The third kappa shape index (κ3) is 1.12. The Morgan fingerprint density at radius 2 is 2.00 bits per heavy atom. The monoisotopic (exact) mass is 187 g/mol. The van der Waals surface area contributed by atoms with Gasteiger partial charge in [0.1, 0.15) is 0 Å². The molecule has 1 fully saturated rings. The lowest BCUT2D eigenvalue weighted by atomic mass is 9.91. The summed E-state index contributed by atoms with van der Waals surface area (Å²) in [6.45, 7) is 3.34. The van der Waals surface area contributed by atoms with Gasteiger partial charge in [-0.3, -0.25) is 4.90 Å². The first kappa shape index (κ1) is 8.49. The van der Waals surface area contributed by atoms with Gasteiger partial charge < -0.3 is 0 Å². The largest absolute Gasteiger partial charge is 0.296 e. The molecule has 0 aromatic heterocycles. The van der Waals surface area contributed by atoms with Crippen molar-refractivity contribution in [3.8, 4) is 0 Å². The summed E-state index contributed by atoms with van der Waals surface area (Å²) in [5.74, 6) is 0. The Labute approximate surface area is 85.7 Å². The van der Waals surface area contributed by atoms with Crippen molar-refractivity contribution < 1.29 is 0 Å². The molecule has 0 amide bonds. The minimum Gasteiger partial charge on any atom is -0.296 e. The van der Waals surface area contributed by atoms with Crippen LogP contribution < -0.4 is 0 Å². The summed E-state index contributed by atoms with van der Waals surface area (Å²) in [5.41, 5.74) is 5.10. The SMILES string of the molecule is Cc1ccc2c(c1)CC1(CC1)N(C)C2. The molecule has 1 saturated carbocycles. The van der Waals surface area contributed by atoms with E-state index >= 15 is 0 Å². The van der Waals surface area contributed by atoms with Crippen LogP contribution in [0.1, 0.15) is 29.5 Å². The Hall–Kier alpha value is -0.820. The molecule has 0 radical (unpaired) electrons. The number of likely N-dealkylation sites (N-methyl/N-ethyl adjacent to an activating group) is 1. The molecule has 1 aromatic carbocycles. The normalized spacial score (nSPS) is 23.6. The zero-order valence-electron chi connectivity index (χ0n) is 9.01. The second-order valence-electron chi connectivity index (χ2n) is 5.03. The van der Waals surface area contributed by atoms with Crippen molar-refractivity contribution in [1.29, 1.82) is 0 Å². The standard InChI is InChI=1S/C13H17N/c1-10-3-4-11-9-14(2)13(5-6-13)8-12(11)7-10/h3-4,7H,5-6,8-9H2,1-2H3. The average Bonchev–Trinajstić information content (AvgIpc) is 2.89. The van der Waals surface area contributed by atoms with E-state index in [0.29, 0.717) is 5.54 Å². The quantitative estimate of drug-likeness (QED) is 0.603. The van der Waals surface area contributed by atoms with Crippen molar-refractivity contribution in [3.63, 3.8) is 0 Å². The van der Waals surface area contributed by atoms with E-state index < -0.39 is 0 Å². The molecule has 1 nitrogen and oxygen atoms in total. The van der Waals surface area contributed by atoms with Gasteiger partial charge in [0, 0.05) is 12.1 Å². The van der Waals surface area contributed by atoms with Crippen LogP contribution in [-0.2, 0) is 13.0 Å². The van der Waals surface area contributed by atoms with Crippen molar-refractivity contribution in [2.75, 3.05) is 7.05 Å². The van der Waals surface area contributed by atoms with Crippen LogP contribution >= 0.6 is 0 Å². The van der Waals surface area contributed by atoms with E-state index in [4.69, 9.17) is 0 Å². The van der Waals surface area contributed by atoms with E-state index in [9.17, 15) is 0 Å². The van der Waals surface area contributed by atoms with Crippen LogP contribution in [0.15, 0.2) is 18.2 Å². The molecule has 0 N–H and O–H groups in total. The van der Waals surface area contributed by atoms with Gasteiger partial charge in [0.15, 0.2) is 0 Å². The van der Waals surface area contributed by atoms with Crippen molar-refractivity contribution in [2.45, 2.75) is 38.3 Å². The highest BCUT2D eigenvalue weighted by Gasteiger charge is 2.48. The number of nitrogens with zero attached hydrogens (tertiary/aromatic N) is 1. The van der Waals surface area contributed by atoms with Crippen molar-refractivity contribution >= 4 is 0 Å². The fourth-order valence-electron chi connectivity index (χ4n) is 2.69. The number of fused-ring (bicyclic) bond motifs is 1. The van der Waals surface area contributed by atoms with Crippen molar-refractivity contribution in [2.24, 2.45) is 0 Å². The van der Waals surface area contributed by atoms with Gasteiger partial charge in [-0.25, -0.2) is 0 Å². The van der Waals surface area contributed by atoms with Crippen LogP contribution in [0.25, 0.3) is 0 Å². The molecule has 1 heterocycles. The topological polar surface area (TPSA) is 3.24 Å². The van der Waals surface area contributed by atoms with Gasteiger partial charge in [0.05, 0.1) is 0 Å². The average molecular weight is 187 g/mol. The highest BCUT2D eigenvalue weighted by Crippen LogP contribution is 2.47. The molecular weight excluding hydrogens is 170 g/mol. The lowest BCUT2D eigenvalue weighted by Gasteiger charge is -2.34. The molecule has 0 unspecified atom stereocenters. The van der Waals surface area contributed by atoms with Crippen LogP contribution in [0, 0.1) is 6.92 Å². The first-order chi connectivity index (χ1) is 6.70. The van der Waals surface area contributed by atoms with E-state index in [1.165, 1.54) is 30.4 Å². The highest BCUT2D eigenvalue weighted by atomic mass is 15.2. The third-order valence-electron chi connectivity index (χ3n) is 3.93. The molecule has 1 aliphatic heterocycles. The first-order valence-electron chi connectivity index (χ1n) is 5.49. The summed E-state index contributed by atoms with van der Waals surface area (Å²) in [6, 6.07) is 6.91. The van der Waals surface area contributed by atoms with E-state index in [-0.39, 0.29) is 0 Å². The molecule has 1 heteroatoms. The maximum Gasteiger partial charge on any atom is 0.0251 e. The predicted octanol–water partition coefficient (Wildman–Crippen LogP) is 2.52. The van der Waals surface area contributed by atoms with Crippen LogP contribution in [0.3, 0.4) is 0 Å². The molecule has 1 aromatic rings. The smallest absolute Gasteiger partial charge is 0.0251 e. The lowest BCUT2D eigenvalue weighted by molar-refractivity contribution is 0.194. The fourth-order valence-corrected chi connectivity index (χ4v) is 2.69.